The molecule has 0 aromatic heterocycles. The molecule has 9 heteroatoms. The van der Waals surface area contributed by atoms with E-state index in [2.05, 4.69) is 5.32 Å². The summed E-state index contributed by atoms with van der Waals surface area (Å²) in [6.45, 7) is 2.25. The number of sulfone groups is 1. The number of sulfonamides is 1. The van der Waals surface area contributed by atoms with E-state index in [4.69, 9.17) is 5.14 Å². The maximum absolute atomic E-state index is 11.8. The Kier molecular flexibility index (Phi) is 4.90. The molecule has 0 aliphatic heterocycles. The highest BCUT2D eigenvalue weighted by molar-refractivity contribution is 7.91. The van der Waals surface area contributed by atoms with E-state index in [1.54, 1.807) is 0 Å². The largest absolute Gasteiger partial charge is 0.352 e. The fourth-order valence-electron chi connectivity index (χ4n) is 1.42. The van der Waals surface area contributed by atoms with Gasteiger partial charge in [0, 0.05) is 18.4 Å². The zero-order chi connectivity index (χ0) is 15.6. The minimum atomic E-state index is -4.11. The summed E-state index contributed by atoms with van der Waals surface area (Å²) in [6, 6.07) is 3.10. The standard InChI is InChI=1S/C11H16N2O5S2/c1-3-4-13-11(14)8-5-9(19(2,15)16)7-10(6-8)20(12,17)18/h5-7H,3-4H2,1-2H3,(H,13,14)(H2,12,17,18). The second-order valence-corrected chi connectivity index (χ2v) is 7.84. The molecule has 0 spiro atoms. The van der Waals surface area contributed by atoms with Crippen LogP contribution >= 0.6 is 0 Å². The first-order valence-electron chi connectivity index (χ1n) is 5.72. The van der Waals surface area contributed by atoms with Gasteiger partial charge in [-0.05, 0) is 24.6 Å². The highest BCUT2D eigenvalue weighted by Gasteiger charge is 2.18. The van der Waals surface area contributed by atoms with Crippen molar-refractivity contribution >= 4 is 25.8 Å². The molecule has 0 saturated carbocycles. The number of nitrogens with one attached hydrogen (secondary N) is 1. The quantitative estimate of drug-likeness (QED) is 0.782. The summed E-state index contributed by atoms with van der Waals surface area (Å²) in [5.41, 5.74) is -0.0644. The summed E-state index contributed by atoms with van der Waals surface area (Å²) >= 11 is 0. The molecule has 0 radical (unpaired) electrons. The van der Waals surface area contributed by atoms with Gasteiger partial charge in [0.15, 0.2) is 9.84 Å². The van der Waals surface area contributed by atoms with Crippen molar-refractivity contribution in [3.8, 4) is 0 Å². The first kappa shape index (κ1) is 16.6. The summed E-state index contributed by atoms with van der Waals surface area (Å²) in [5.74, 6) is -0.553. The Balaban J connectivity index is 3.43. The molecular weight excluding hydrogens is 304 g/mol. The van der Waals surface area contributed by atoms with E-state index in [0.717, 1.165) is 24.5 Å². The average molecular weight is 320 g/mol. The first-order valence-corrected chi connectivity index (χ1v) is 9.15. The fraction of sp³-hybridized carbons (Fsp3) is 0.364. The summed E-state index contributed by atoms with van der Waals surface area (Å²) in [4.78, 5) is 11.1. The van der Waals surface area contributed by atoms with E-state index in [0.29, 0.717) is 13.0 Å². The van der Waals surface area contributed by atoms with Gasteiger partial charge in [0.25, 0.3) is 5.91 Å². The summed E-state index contributed by atoms with van der Waals surface area (Å²) in [5, 5.41) is 7.52. The Labute approximate surface area is 118 Å². The molecule has 3 N–H and O–H groups in total. The molecule has 0 aliphatic carbocycles. The highest BCUT2D eigenvalue weighted by atomic mass is 32.2. The number of benzene rings is 1. The van der Waals surface area contributed by atoms with E-state index in [-0.39, 0.29) is 10.5 Å². The monoisotopic (exact) mass is 320 g/mol. The maximum Gasteiger partial charge on any atom is 0.251 e. The Bertz CT molecular complexity index is 673. The summed E-state index contributed by atoms with van der Waals surface area (Å²) in [7, 11) is -7.77. The molecule has 0 atom stereocenters. The van der Waals surface area contributed by atoms with Crippen molar-refractivity contribution in [1.29, 1.82) is 0 Å². The molecule has 1 aromatic carbocycles. The number of carbonyl (C=O) groups is 1. The van der Waals surface area contributed by atoms with Gasteiger partial charge in [0.1, 0.15) is 0 Å². The van der Waals surface area contributed by atoms with E-state index in [1.165, 1.54) is 0 Å². The lowest BCUT2D eigenvalue weighted by molar-refractivity contribution is 0.0953. The molecule has 7 nitrogen and oxygen atoms in total. The number of rotatable bonds is 5. The highest BCUT2D eigenvalue weighted by Crippen LogP contribution is 2.18. The minimum absolute atomic E-state index is 0.0644. The normalized spacial score (nSPS) is 12.2. The zero-order valence-electron chi connectivity index (χ0n) is 11.1. The maximum atomic E-state index is 11.8. The molecule has 20 heavy (non-hydrogen) atoms. The van der Waals surface area contributed by atoms with E-state index >= 15 is 0 Å². The fourth-order valence-corrected chi connectivity index (χ4v) is 2.76. The van der Waals surface area contributed by atoms with Gasteiger partial charge in [-0.15, -0.1) is 0 Å². The van der Waals surface area contributed by atoms with Crippen LogP contribution in [0.15, 0.2) is 28.0 Å². The number of hydrogen-bond acceptors (Lipinski definition) is 5. The second-order valence-electron chi connectivity index (χ2n) is 4.27. The Hall–Kier alpha value is -1.45. The van der Waals surface area contributed by atoms with Crippen LogP contribution in [0.4, 0.5) is 0 Å². The lowest BCUT2D eigenvalue weighted by Crippen LogP contribution is -2.25. The molecule has 1 amide bonds. The number of hydrogen-bond donors (Lipinski definition) is 2. The van der Waals surface area contributed by atoms with Crippen LogP contribution in [-0.4, -0.2) is 35.5 Å². The molecule has 0 fully saturated rings. The van der Waals surface area contributed by atoms with Crippen molar-refractivity contribution in [2.24, 2.45) is 5.14 Å². The molecule has 112 valence electrons. The summed E-state index contributed by atoms with van der Waals surface area (Å²) < 4.78 is 45.8. The number of nitrogens with two attached hydrogens (primary N) is 1. The molecule has 0 saturated heterocycles. The van der Waals surface area contributed by atoms with Gasteiger partial charge >= 0.3 is 0 Å². The van der Waals surface area contributed by atoms with Crippen molar-refractivity contribution < 1.29 is 21.6 Å². The Morgan fingerprint density at radius 2 is 1.70 bits per heavy atom. The molecule has 0 aliphatic rings. The molecule has 1 rings (SSSR count). The predicted octanol–water partition coefficient (Wildman–Crippen LogP) is -0.123. The van der Waals surface area contributed by atoms with E-state index in [1.807, 2.05) is 6.92 Å². The van der Waals surface area contributed by atoms with Crippen molar-refractivity contribution in [1.82, 2.24) is 5.32 Å². The lowest BCUT2D eigenvalue weighted by atomic mass is 10.2. The van der Waals surface area contributed by atoms with Crippen LogP contribution in [0.25, 0.3) is 0 Å². The van der Waals surface area contributed by atoms with Crippen molar-refractivity contribution in [3.05, 3.63) is 23.8 Å². The minimum Gasteiger partial charge on any atom is -0.352 e. The Morgan fingerprint density at radius 1 is 1.15 bits per heavy atom. The summed E-state index contributed by atoms with van der Waals surface area (Å²) in [6.07, 6.45) is 1.61. The third-order valence-corrected chi connectivity index (χ3v) is 4.42. The third-order valence-electron chi connectivity index (χ3n) is 2.43. The average Bonchev–Trinajstić information content (AvgIpc) is 2.33. The van der Waals surface area contributed by atoms with Gasteiger partial charge in [-0.3, -0.25) is 4.79 Å². The van der Waals surface area contributed by atoms with Crippen molar-refractivity contribution in [2.45, 2.75) is 23.1 Å². The molecule has 1 aromatic rings. The van der Waals surface area contributed by atoms with E-state index in [9.17, 15) is 21.6 Å². The second kappa shape index (κ2) is 5.90. The SMILES string of the molecule is CCCNC(=O)c1cc(S(C)(=O)=O)cc(S(N)(=O)=O)c1. The van der Waals surface area contributed by atoms with Gasteiger partial charge in [-0.1, -0.05) is 6.92 Å². The van der Waals surface area contributed by atoms with Gasteiger partial charge in [-0.2, -0.15) is 0 Å². The lowest BCUT2D eigenvalue weighted by Gasteiger charge is -2.08. The van der Waals surface area contributed by atoms with Gasteiger partial charge < -0.3 is 5.32 Å². The van der Waals surface area contributed by atoms with Gasteiger partial charge in [0.05, 0.1) is 9.79 Å². The van der Waals surface area contributed by atoms with Crippen molar-refractivity contribution in [2.75, 3.05) is 12.8 Å². The van der Waals surface area contributed by atoms with Gasteiger partial charge in [-0.25, -0.2) is 22.0 Å². The van der Waals surface area contributed by atoms with Crippen LogP contribution in [0.2, 0.25) is 0 Å². The van der Waals surface area contributed by atoms with Crippen molar-refractivity contribution in [3.63, 3.8) is 0 Å². The van der Waals surface area contributed by atoms with E-state index < -0.39 is 30.7 Å². The van der Waals surface area contributed by atoms with Gasteiger partial charge in [0.2, 0.25) is 10.0 Å². The number of amides is 1. The molecule has 0 unspecified atom stereocenters. The van der Waals surface area contributed by atoms with Crippen LogP contribution in [-0.2, 0) is 19.9 Å². The predicted molar refractivity (Wildman–Crippen MR) is 73.5 cm³/mol. The Morgan fingerprint density at radius 3 is 2.15 bits per heavy atom. The van der Waals surface area contributed by atoms with Crippen LogP contribution < -0.4 is 10.5 Å². The van der Waals surface area contributed by atoms with Crippen LogP contribution in [0.3, 0.4) is 0 Å². The number of primary sulfonamides is 1. The molecule has 0 bridgehead atoms. The zero-order valence-corrected chi connectivity index (χ0v) is 12.7. The van der Waals surface area contributed by atoms with Crippen LogP contribution in [0, 0.1) is 0 Å². The molecule has 0 heterocycles. The van der Waals surface area contributed by atoms with Crippen LogP contribution in [0.1, 0.15) is 23.7 Å². The molecular formula is C11H16N2O5S2. The topological polar surface area (TPSA) is 123 Å². The smallest absolute Gasteiger partial charge is 0.251 e. The number of carbonyl (C=O) groups excluding carboxylic acids is 1. The first-order chi connectivity index (χ1) is 9.05. The third kappa shape index (κ3) is 4.29. The van der Waals surface area contributed by atoms with Crippen LogP contribution in [0.5, 0.6) is 0 Å².